The van der Waals surface area contributed by atoms with Crippen LogP contribution in [-0.4, -0.2) is 27.0 Å². The molecule has 0 radical (unpaired) electrons. The van der Waals surface area contributed by atoms with Gasteiger partial charge in [0.1, 0.15) is 5.82 Å². The second kappa shape index (κ2) is 11.0. The molecule has 0 spiro atoms. The summed E-state index contributed by atoms with van der Waals surface area (Å²) in [6.07, 6.45) is 2.41. The lowest BCUT2D eigenvalue weighted by Crippen LogP contribution is -2.41. The first kappa shape index (κ1) is 24.2. The minimum atomic E-state index is -0.386. The number of rotatable bonds is 8. The molecule has 0 saturated heterocycles. The molecule has 0 aliphatic rings. The molecule has 3 aromatic carbocycles. The van der Waals surface area contributed by atoms with Gasteiger partial charge in [-0.05, 0) is 55.7 Å². The lowest BCUT2D eigenvalue weighted by molar-refractivity contribution is 0.180. The number of fused-ring (bicyclic) bond motifs is 1. The van der Waals surface area contributed by atoms with Crippen LogP contribution in [0.3, 0.4) is 0 Å². The van der Waals surface area contributed by atoms with Crippen LogP contribution < -0.4 is 10.9 Å². The Bertz CT molecular complexity index is 1360. The first-order valence-electron chi connectivity index (χ1n) is 12.3. The minimum absolute atomic E-state index is 0.134. The lowest BCUT2D eigenvalue weighted by atomic mass is 10.1. The molecule has 0 saturated carbocycles. The maximum Gasteiger partial charge on any atom is 0.322 e. The van der Waals surface area contributed by atoms with Gasteiger partial charge >= 0.3 is 6.03 Å². The third kappa shape index (κ3) is 5.11. The fraction of sp³-hybridized carbons (Fsp3) is 0.276. The number of nitrogens with one attached hydrogen (secondary N) is 1. The molecule has 180 valence electrons. The number of unbranched alkanes of at least 4 members (excludes halogenated alkanes) is 1. The Labute approximate surface area is 206 Å². The number of carbonyl (C=O) groups excluding carboxylic acids is 1. The highest BCUT2D eigenvalue weighted by atomic mass is 16.2. The number of hydrogen-bond acceptors (Lipinski definition) is 3. The van der Waals surface area contributed by atoms with Crippen molar-refractivity contribution in [2.75, 3.05) is 11.9 Å². The average molecular weight is 469 g/mol. The molecule has 4 rings (SSSR count). The largest absolute Gasteiger partial charge is 0.322 e. The number of aromatic nitrogens is 2. The Morgan fingerprint density at radius 1 is 0.971 bits per heavy atom. The van der Waals surface area contributed by atoms with Gasteiger partial charge in [-0.3, -0.25) is 9.36 Å². The smallest absolute Gasteiger partial charge is 0.314 e. The van der Waals surface area contributed by atoms with Crippen molar-refractivity contribution in [3.8, 4) is 5.69 Å². The average Bonchev–Trinajstić information content (AvgIpc) is 2.88. The quantitative estimate of drug-likeness (QED) is 0.322. The molecule has 35 heavy (non-hydrogen) atoms. The van der Waals surface area contributed by atoms with Crippen LogP contribution in [0.1, 0.15) is 50.5 Å². The summed E-state index contributed by atoms with van der Waals surface area (Å²) in [5, 5.41) is 3.64. The maximum atomic E-state index is 13.7. The van der Waals surface area contributed by atoms with Gasteiger partial charge in [-0.25, -0.2) is 9.78 Å². The number of carbonyl (C=O) groups is 1. The molecule has 0 bridgehead atoms. The van der Waals surface area contributed by atoms with Gasteiger partial charge in [-0.15, -0.1) is 0 Å². The van der Waals surface area contributed by atoms with Crippen LogP contribution in [0.15, 0.2) is 83.7 Å². The molecule has 1 aromatic heterocycles. The van der Waals surface area contributed by atoms with E-state index in [2.05, 4.69) is 12.2 Å². The number of aryl methyl sites for hydroxylation is 1. The minimum Gasteiger partial charge on any atom is -0.314 e. The fourth-order valence-electron chi connectivity index (χ4n) is 4.37. The molecule has 1 atom stereocenters. The Balaban J connectivity index is 1.86. The van der Waals surface area contributed by atoms with Gasteiger partial charge in [0.15, 0.2) is 0 Å². The third-order valence-electron chi connectivity index (χ3n) is 6.28. The Hall–Kier alpha value is -3.93. The molecule has 1 heterocycles. The van der Waals surface area contributed by atoms with Crippen molar-refractivity contribution in [3.63, 3.8) is 0 Å². The molecule has 6 nitrogen and oxygen atoms in total. The van der Waals surface area contributed by atoms with Gasteiger partial charge in [0.2, 0.25) is 0 Å². The van der Waals surface area contributed by atoms with Crippen molar-refractivity contribution >= 4 is 22.6 Å². The first-order valence-corrected chi connectivity index (χ1v) is 12.3. The third-order valence-corrected chi connectivity index (χ3v) is 6.28. The second-order valence-corrected chi connectivity index (χ2v) is 8.68. The summed E-state index contributed by atoms with van der Waals surface area (Å²) in [6.45, 7) is 6.67. The van der Waals surface area contributed by atoms with Crippen LogP contribution in [0.4, 0.5) is 10.5 Å². The Morgan fingerprint density at radius 3 is 2.37 bits per heavy atom. The first-order chi connectivity index (χ1) is 17.0. The molecule has 1 unspecified atom stereocenters. The van der Waals surface area contributed by atoms with Gasteiger partial charge in [0.25, 0.3) is 5.56 Å². The number of nitrogens with zero attached hydrogens (tertiary/aromatic N) is 3. The molecular weight excluding hydrogens is 436 g/mol. The van der Waals surface area contributed by atoms with Gasteiger partial charge in [-0.2, -0.15) is 0 Å². The maximum absolute atomic E-state index is 13.7. The van der Waals surface area contributed by atoms with Crippen molar-refractivity contribution in [1.29, 1.82) is 0 Å². The predicted molar refractivity (Wildman–Crippen MR) is 142 cm³/mol. The highest BCUT2D eigenvalue weighted by molar-refractivity contribution is 5.90. The van der Waals surface area contributed by atoms with Crippen LogP contribution in [0.5, 0.6) is 0 Å². The second-order valence-electron chi connectivity index (χ2n) is 8.68. The van der Waals surface area contributed by atoms with Crippen LogP contribution in [-0.2, 0) is 0 Å². The van der Waals surface area contributed by atoms with Crippen molar-refractivity contribution in [3.05, 3.63) is 101 Å². The summed E-state index contributed by atoms with van der Waals surface area (Å²) in [7, 11) is 0. The van der Waals surface area contributed by atoms with Gasteiger partial charge < -0.3 is 10.2 Å². The predicted octanol–water partition coefficient (Wildman–Crippen LogP) is 6.48. The van der Waals surface area contributed by atoms with E-state index < -0.39 is 0 Å². The molecule has 6 heteroatoms. The normalized spacial score (nSPS) is 11.9. The highest BCUT2D eigenvalue weighted by Crippen LogP contribution is 2.27. The summed E-state index contributed by atoms with van der Waals surface area (Å²) >= 11 is 0. The van der Waals surface area contributed by atoms with E-state index in [1.165, 1.54) is 0 Å². The van der Waals surface area contributed by atoms with Gasteiger partial charge in [-0.1, -0.05) is 68.8 Å². The van der Waals surface area contributed by atoms with E-state index in [1.54, 1.807) is 10.6 Å². The fourth-order valence-corrected chi connectivity index (χ4v) is 4.37. The zero-order valence-corrected chi connectivity index (χ0v) is 20.6. The molecule has 1 N–H and O–H groups in total. The monoisotopic (exact) mass is 468 g/mol. The van der Waals surface area contributed by atoms with E-state index in [4.69, 9.17) is 4.98 Å². The number of benzene rings is 3. The molecule has 4 aromatic rings. The Kier molecular flexibility index (Phi) is 7.60. The topological polar surface area (TPSA) is 67.2 Å². The standard InChI is InChI=1S/C29H32N4O2/c1-4-6-20-32(29(35)31-24-18-12-10-14-21(24)3)26(5-2)27-30-25-19-13-11-17-23(25)28(34)33(27)22-15-8-7-9-16-22/h7-19,26H,4-6,20H2,1-3H3,(H,31,35). The molecule has 0 aliphatic heterocycles. The van der Waals surface area contributed by atoms with E-state index >= 15 is 0 Å². The summed E-state index contributed by atoms with van der Waals surface area (Å²) < 4.78 is 1.66. The Morgan fingerprint density at radius 2 is 1.66 bits per heavy atom. The zero-order chi connectivity index (χ0) is 24.8. The molecule has 2 amide bonds. The SMILES string of the molecule is CCCCN(C(=O)Nc1ccccc1C)C(CC)c1nc2ccccc2c(=O)n1-c1ccccc1. The molecular formula is C29H32N4O2. The number of amides is 2. The van der Waals surface area contributed by atoms with Crippen molar-refractivity contribution in [1.82, 2.24) is 14.5 Å². The number of para-hydroxylation sites is 3. The van der Waals surface area contributed by atoms with Crippen molar-refractivity contribution < 1.29 is 4.79 Å². The summed E-state index contributed by atoms with van der Waals surface area (Å²) in [5.74, 6) is 0.568. The van der Waals surface area contributed by atoms with E-state index in [0.29, 0.717) is 29.7 Å². The number of urea groups is 1. The highest BCUT2D eigenvalue weighted by Gasteiger charge is 2.29. The van der Waals surface area contributed by atoms with E-state index in [0.717, 1.165) is 29.8 Å². The van der Waals surface area contributed by atoms with E-state index in [1.807, 2.05) is 91.5 Å². The van der Waals surface area contributed by atoms with Crippen molar-refractivity contribution in [2.24, 2.45) is 0 Å². The van der Waals surface area contributed by atoms with E-state index in [-0.39, 0.29) is 17.6 Å². The number of anilines is 1. The van der Waals surface area contributed by atoms with Gasteiger partial charge in [0, 0.05) is 12.2 Å². The van der Waals surface area contributed by atoms with Crippen LogP contribution in [0, 0.1) is 6.92 Å². The van der Waals surface area contributed by atoms with Crippen molar-refractivity contribution in [2.45, 2.75) is 46.1 Å². The van der Waals surface area contributed by atoms with E-state index in [9.17, 15) is 9.59 Å². The summed E-state index contributed by atoms with van der Waals surface area (Å²) in [6, 6.07) is 24.1. The lowest BCUT2D eigenvalue weighted by Gasteiger charge is -2.32. The number of hydrogen-bond donors (Lipinski definition) is 1. The zero-order valence-electron chi connectivity index (χ0n) is 20.6. The van der Waals surface area contributed by atoms with Crippen LogP contribution in [0.2, 0.25) is 0 Å². The summed E-state index contributed by atoms with van der Waals surface area (Å²) in [4.78, 5) is 34.1. The van der Waals surface area contributed by atoms with Crippen LogP contribution in [0.25, 0.3) is 16.6 Å². The van der Waals surface area contributed by atoms with Crippen LogP contribution >= 0.6 is 0 Å². The molecule has 0 aliphatic carbocycles. The van der Waals surface area contributed by atoms with Gasteiger partial charge in [0.05, 0.1) is 22.6 Å². The summed E-state index contributed by atoms with van der Waals surface area (Å²) in [5.41, 5.74) is 3.01. The molecule has 0 fully saturated rings.